The largest absolute Gasteiger partial charge is 0.332 e. The van der Waals surface area contributed by atoms with Crippen molar-refractivity contribution in [1.82, 2.24) is 9.55 Å². The monoisotopic (exact) mass is 164 g/mol. The van der Waals surface area contributed by atoms with Crippen molar-refractivity contribution < 1.29 is 0 Å². The Kier molecular flexibility index (Phi) is 2.15. The maximum Gasteiger partial charge on any atom is 0.0950 e. The van der Waals surface area contributed by atoms with Gasteiger partial charge in [0.15, 0.2) is 0 Å². The van der Waals surface area contributed by atoms with E-state index in [2.05, 4.69) is 16.5 Å². The SMILES string of the molecule is Cc1cncn1C1CCCCC1. The fraction of sp³-hybridized carbons (Fsp3) is 0.700. The van der Waals surface area contributed by atoms with Crippen LogP contribution in [0.3, 0.4) is 0 Å². The van der Waals surface area contributed by atoms with Crippen LogP contribution in [0.2, 0.25) is 0 Å². The summed E-state index contributed by atoms with van der Waals surface area (Å²) in [4.78, 5) is 4.16. The minimum absolute atomic E-state index is 0.737. The molecule has 0 N–H and O–H groups in total. The Bertz CT molecular complexity index is 246. The van der Waals surface area contributed by atoms with Crippen molar-refractivity contribution in [3.8, 4) is 0 Å². The lowest BCUT2D eigenvalue weighted by Crippen LogP contribution is -2.12. The molecule has 0 spiro atoms. The fourth-order valence-electron chi connectivity index (χ4n) is 2.11. The van der Waals surface area contributed by atoms with E-state index in [9.17, 15) is 0 Å². The molecule has 0 unspecified atom stereocenters. The second-order valence-corrected chi connectivity index (χ2v) is 3.73. The first-order chi connectivity index (χ1) is 5.88. The summed E-state index contributed by atoms with van der Waals surface area (Å²) in [6.45, 7) is 2.14. The highest BCUT2D eigenvalue weighted by Crippen LogP contribution is 2.28. The van der Waals surface area contributed by atoms with Gasteiger partial charge in [-0.2, -0.15) is 0 Å². The quantitative estimate of drug-likeness (QED) is 0.624. The molecule has 0 aliphatic heterocycles. The van der Waals surface area contributed by atoms with E-state index in [1.807, 2.05) is 12.5 Å². The maximum atomic E-state index is 4.16. The molecule has 12 heavy (non-hydrogen) atoms. The van der Waals surface area contributed by atoms with E-state index in [1.165, 1.54) is 37.8 Å². The molecule has 1 aliphatic carbocycles. The summed E-state index contributed by atoms with van der Waals surface area (Å²) in [6.07, 6.45) is 10.8. The van der Waals surface area contributed by atoms with Gasteiger partial charge in [-0.15, -0.1) is 0 Å². The molecule has 1 aliphatic rings. The van der Waals surface area contributed by atoms with Crippen molar-refractivity contribution in [2.45, 2.75) is 45.1 Å². The second-order valence-electron chi connectivity index (χ2n) is 3.73. The molecule has 2 rings (SSSR count). The van der Waals surface area contributed by atoms with Gasteiger partial charge in [0.1, 0.15) is 0 Å². The number of aryl methyl sites for hydroxylation is 1. The van der Waals surface area contributed by atoms with Crippen LogP contribution >= 0.6 is 0 Å². The summed E-state index contributed by atoms with van der Waals surface area (Å²) in [7, 11) is 0. The molecule has 1 saturated carbocycles. The lowest BCUT2D eigenvalue weighted by atomic mass is 9.95. The summed E-state index contributed by atoms with van der Waals surface area (Å²) in [5, 5.41) is 0. The number of imidazole rings is 1. The van der Waals surface area contributed by atoms with Crippen molar-refractivity contribution in [3.63, 3.8) is 0 Å². The molecule has 0 saturated heterocycles. The summed E-state index contributed by atoms with van der Waals surface area (Å²) in [5.74, 6) is 0. The number of hydrogen-bond acceptors (Lipinski definition) is 1. The van der Waals surface area contributed by atoms with Crippen molar-refractivity contribution in [2.24, 2.45) is 0 Å². The van der Waals surface area contributed by atoms with Crippen LogP contribution in [0.4, 0.5) is 0 Å². The molecular formula is C10H16N2. The zero-order valence-corrected chi connectivity index (χ0v) is 7.66. The molecule has 1 aromatic rings. The van der Waals surface area contributed by atoms with Gasteiger partial charge >= 0.3 is 0 Å². The van der Waals surface area contributed by atoms with E-state index in [0.717, 1.165) is 6.04 Å². The fourth-order valence-corrected chi connectivity index (χ4v) is 2.11. The lowest BCUT2D eigenvalue weighted by Gasteiger charge is -2.23. The van der Waals surface area contributed by atoms with Gasteiger partial charge in [-0.25, -0.2) is 4.98 Å². The normalized spacial score (nSPS) is 19.8. The van der Waals surface area contributed by atoms with E-state index in [1.54, 1.807) is 0 Å². The molecule has 1 fully saturated rings. The second kappa shape index (κ2) is 3.30. The van der Waals surface area contributed by atoms with E-state index >= 15 is 0 Å². The highest BCUT2D eigenvalue weighted by molar-refractivity contribution is 4.97. The van der Waals surface area contributed by atoms with Gasteiger partial charge in [0, 0.05) is 17.9 Å². The van der Waals surface area contributed by atoms with E-state index in [4.69, 9.17) is 0 Å². The van der Waals surface area contributed by atoms with Gasteiger partial charge in [0.05, 0.1) is 6.33 Å². The predicted molar refractivity (Wildman–Crippen MR) is 49.1 cm³/mol. The molecule has 1 heterocycles. The molecule has 1 aromatic heterocycles. The van der Waals surface area contributed by atoms with Crippen molar-refractivity contribution in [1.29, 1.82) is 0 Å². The molecule has 66 valence electrons. The number of aromatic nitrogens is 2. The summed E-state index contributed by atoms with van der Waals surface area (Å²) >= 11 is 0. The van der Waals surface area contributed by atoms with Crippen molar-refractivity contribution in [2.75, 3.05) is 0 Å². The Morgan fingerprint density at radius 1 is 1.33 bits per heavy atom. The number of hydrogen-bond donors (Lipinski definition) is 0. The average Bonchev–Trinajstić information content (AvgIpc) is 2.53. The van der Waals surface area contributed by atoms with E-state index < -0.39 is 0 Å². The van der Waals surface area contributed by atoms with Crippen LogP contribution in [0.15, 0.2) is 12.5 Å². The third-order valence-corrected chi connectivity index (χ3v) is 2.83. The zero-order valence-electron chi connectivity index (χ0n) is 7.66. The zero-order chi connectivity index (χ0) is 8.39. The first-order valence-corrected chi connectivity index (χ1v) is 4.86. The summed E-state index contributed by atoms with van der Waals surface area (Å²) in [5.41, 5.74) is 1.31. The van der Waals surface area contributed by atoms with Crippen molar-refractivity contribution in [3.05, 3.63) is 18.2 Å². The first kappa shape index (κ1) is 7.84. The van der Waals surface area contributed by atoms with Crippen LogP contribution < -0.4 is 0 Å². The van der Waals surface area contributed by atoms with E-state index in [0.29, 0.717) is 0 Å². The molecule has 0 amide bonds. The van der Waals surface area contributed by atoms with Crippen LogP contribution in [0, 0.1) is 6.92 Å². The van der Waals surface area contributed by atoms with E-state index in [-0.39, 0.29) is 0 Å². The van der Waals surface area contributed by atoms with Crippen molar-refractivity contribution >= 4 is 0 Å². The molecule has 0 aromatic carbocycles. The topological polar surface area (TPSA) is 17.8 Å². The number of rotatable bonds is 1. The van der Waals surface area contributed by atoms with Crippen LogP contribution in [0.25, 0.3) is 0 Å². The highest BCUT2D eigenvalue weighted by Gasteiger charge is 2.15. The summed E-state index contributed by atoms with van der Waals surface area (Å²) in [6, 6.07) is 0.737. The Morgan fingerprint density at radius 2 is 2.08 bits per heavy atom. The average molecular weight is 164 g/mol. The smallest absolute Gasteiger partial charge is 0.0950 e. The first-order valence-electron chi connectivity index (χ1n) is 4.86. The standard InChI is InChI=1S/C10H16N2/c1-9-7-11-8-12(9)10-5-3-2-4-6-10/h7-8,10H,2-6H2,1H3. The Morgan fingerprint density at radius 3 is 2.67 bits per heavy atom. The van der Waals surface area contributed by atoms with Gasteiger partial charge < -0.3 is 4.57 Å². The highest BCUT2D eigenvalue weighted by atomic mass is 15.1. The minimum atomic E-state index is 0.737. The third-order valence-electron chi connectivity index (χ3n) is 2.83. The van der Waals surface area contributed by atoms with Crippen LogP contribution in [-0.4, -0.2) is 9.55 Å². The Hall–Kier alpha value is -0.790. The number of nitrogens with zero attached hydrogens (tertiary/aromatic N) is 2. The third kappa shape index (κ3) is 1.38. The minimum Gasteiger partial charge on any atom is -0.332 e. The summed E-state index contributed by atoms with van der Waals surface area (Å²) < 4.78 is 2.33. The van der Waals surface area contributed by atoms with Crippen LogP contribution in [0.1, 0.15) is 43.8 Å². The van der Waals surface area contributed by atoms with Gasteiger partial charge in [0.25, 0.3) is 0 Å². The molecule has 2 nitrogen and oxygen atoms in total. The molecule has 2 heteroatoms. The molecular weight excluding hydrogens is 148 g/mol. The van der Waals surface area contributed by atoms with Gasteiger partial charge in [0.2, 0.25) is 0 Å². The van der Waals surface area contributed by atoms with Gasteiger partial charge in [-0.1, -0.05) is 19.3 Å². The predicted octanol–water partition coefficient (Wildman–Crippen LogP) is 2.70. The maximum absolute atomic E-state index is 4.16. The van der Waals surface area contributed by atoms with Gasteiger partial charge in [-0.3, -0.25) is 0 Å². The van der Waals surface area contributed by atoms with Gasteiger partial charge in [-0.05, 0) is 19.8 Å². The Labute approximate surface area is 73.6 Å². The molecule has 0 radical (unpaired) electrons. The Balaban J connectivity index is 2.13. The van der Waals surface area contributed by atoms with Crippen LogP contribution in [-0.2, 0) is 0 Å². The lowest BCUT2D eigenvalue weighted by molar-refractivity contribution is 0.349. The molecule has 0 atom stereocenters. The molecule has 0 bridgehead atoms. The van der Waals surface area contributed by atoms with Crippen LogP contribution in [0.5, 0.6) is 0 Å².